The van der Waals surface area contributed by atoms with Crippen LogP contribution in [0.1, 0.15) is 23.4 Å². The van der Waals surface area contributed by atoms with Crippen LogP contribution in [0.15, 0.2) is 42.5 Å². The molecule has 0 unspecified atom stereocenters. The number of nitrogens with zero attached hydrogens (tertiary/aromatic N) is 4. The van der Waals surface area contributed by atoms with Crippen molar-refractivity contribution in [2.45, 2.75) is 19.5 Å². The van der Waals surface area contributed by atoms with Gasteiger partial charge in [-0.25, -0.2) is 9.78 Å². The Hall–Kier alpha value is -3.28. The minimum atomic E-state index is 0.105. The number of imidazole rings is 1. The molecule has 0 radical (unpaired) electrons. The minimum Gasteiger partial charge on any atom is -0.491 e. The maximum absolute atomic E-state index is 12.0. The van der Waals surface area contributed by atoms with Crippen LogP contribution in [0.4, 0.5) is 4.79 Å². The summed E-state index contributed by atoms with van der Waals surface area (Å²) in [5, 5.41) is 0. The number of hydrogen-bond acceptors (Lipinski definition) is 3. The quantitative estimate of drug-likeness (QED) is 0.682. The van der Waals surface area contributed by atoms with Crippen LogP contribution >= 0.6 is 0 Å². The van der Waals surface area contributed by atoms with Gasteiger partial charge in [0.1, 0.15) is 17.1 Å². The molecular formula is C23H24N4O2. The highest BCUT2D eigenvalue weighted by Crippen LogP contribution is 2.30. The van der Waals surface area contributed by atoms with Crippen LogP contribution in [-0.4, -0.2) is 52.1 Å². The van der Waals surface area contributed by atoms with Crippen LogP contribution in [0.5, 0.6) is 5.75 Å². The number of aromatic nitrogens is 2. The lowest BCUT2D eigenvalue weighted by Gasteiger charge is -2.15. The average molecular weight is 388 g/mol. The molecule has 1 fully saturated rings. The standard InChI is InChI=1S/C23H24N4O2/c1-25-13-14-26(23(25)28)16-18-8-6-17(7-9-18)10-11-21-24-19-4-2-5-20-22(19)27(21)12-3-15-29-20/h2,4-11H,3,12-16H2,1H3/b11-10+. The van der Waals surface area contributed by atoms with Gasteiger partial charge in [0, 0.05) is 33.2 Å². The minimum absolute atomic E-state index is 0.105. The van der Waals surface area contributed by atoms with Crippen LogP contribution in [0.25, 0.3) is 23.2 Å². The second-order valence-corrected chi connectivity index (χ2v) is 7.65. The Kier molecular flexibility index (Phi) is 4.46. The first-order valence-electron chi connectivity index (χ1n) is 10.1. The number of hydrogen-bond donors (Lipinski definition) is 0. The highest BCUT2D eigenvalue weighted by atomic mass is 16.5. The highest BCUT2D eigenvalue weighted by molar-refractivity contribution is 5.85. The van der Waals surface area contributed by atoms with Crippen LogP contribution in [0.3, 0.4) is 0 Å². The van der Waals surface area contributed by atoms with Crippen LogP contribution < -0.4 is 4.74 Å². The van der Waals surface area contributed by atoms with Gasteiger partial charge in [0.25, 0.3) is 0 Å². The number of carbonyl (C=O) groups excluding carboxylic acids is 1. The number of benzene rings is 2. The summed E-state index contributed by atoms with van der Waals surface area (Å²) in [6, 6.07) is 14.5. The number of amides is 2. The van der Waals surface area contributed by atoms with E-state index >= 15 is 0 Å². The van der Waals surface area contributed by atoms with Gasteiger partial charge < -0.3 is 19.1 Å². The van der Waals surface area contributed by atoms with Gasteiger partial charge in [-0.15, -0.1) is 0 Å². The SMILES string of the molecule is CN1CCN(Cc2ccc(/C=C/c3nc4cccc5c4n3CCCO5)cc2)C1=O. The van der Waals surface area contributed by atoms with E-state index in [0.717, 1.165) is 66.4 Å². The van der Waals surface area contributed by atoms with Crippen molar-refractivity contribution in [2.75, 3.05) is 26.7 Å². The largest absolute Gasteiger partial charge is 0.491 e. The Morgan fingerprint density at radius 3 is 2.72 bits per heavy atom. The molecule has 3 heterocycles. The average Bonchev–Trinajstić information content (AvgIpc) is 3.15. The molecule has 0 spiro atoms. The molecule has 2 aromatic carbocycles. The van der Waals surface area contributed by atoms with Gasteiger partial charge in [-0.05, 0) is 35.8 Å². The van der Waals surface area contributed by atoms with Crippen LogP contribution in [-0.2, 0) is 13.1 Å². The lowest BCUT2D eigenvalue weighted by Crippen LogP contribution is -2.28. The molecule has 0 N–H and O–H groups in total. The number of carbonyl (C=O) groups is 1. The number of para-hydroxylation sites is 1. The third-order valence-corrected chi connectivity index (χ3v) is 5.62. The number of aryl methyl sites for hydroxylation is 1. The maximum Gasteiger partial charge on any atom is 0.320 e. The molecule has 1 aromatic heterocycles. The van der Waals surface area contributed by atoms with Crippen molar-refractivity contribution in [1.29, 1.82) is 0 Å². The van der Waals surface area contributed by atoms with E-state index in [0.29, 0.717) is 6.54 Å². The second-order valence-electron chi connectivity index (χ2n) is 7.65. The number of urea groups is 1. The van der Waals surface area contributed by atoms with Crippen LogP contribution in [0, 0.1) is 0 Å². The van der Waals surface area contributed by atoms with E-state index in [1.54, 1.807) is 4.90 Å². The topological polar surface area (TPSA) is 50.6 Å². The number of rotatable bonds is 4. The van der Waals surface area contributed by atoms with E-state index in [1.807, 2.05) is 30.1 Å². The molecule has 2 aliphatic rings. The summed E-state index contributed by atoms with van der Waals surface area (Å²) in [6.07, 6.45) is 5.14. The Labute approximate surface area is 170 Å². The van der Waals surface area contributed by atoms with Crippen molar-refractivity contribution in [2.24, 2.45) is 0 Å². The summed E-state index contributed by atoms with van der Waals surface area (Å²) in [6.45, 7) is 3.89. The van der Waals surface area contributed by atoms with Gasteiger partial charge in [-0.1, -0.05) is 36.4 Å². The lowest BCUT2D eigenvalue weighted by atomic mass is 10.1. The zero-order valence-electron chi connectivity index (χ0n) is 16.5. The summed E-state index contributed by atoms with van der Waals surface area (Å²) in [5.74, 6) is 1.87. The molecule has 0 saturated carbocycles. The summed E-state index contributed by atoms with van der Waals surface area (Å²) in [4.78, 5) is 20.5. The Bertz CT molecular complexity index is 1080. The molecule has 5 rings (SSSR count). The second kappa shape index (κ2) is 7.28. The van der Waals surface area contributed by atoms with E-state index in [9.17, 15) is 4.79 Å². The van der Waals surface area contributed by atoms with Gasteiger partial charge in [0.2, 0.25) is 0 Å². The van der Waals surface area contributed by atoms with E-state index < -0.39 is 0 Å². The molecule has 6 nitrogen and oxygen atoms in total. The van der Waals surface area contributed by atoms with Gasteiger partial charge in [-0.3, -0.25) is 0 Å². The predicted molar refractivity (Wildman–Crippen MR) is 114 cm³/mol. The Balaban J connectivity index is 1.35. The molecule has 0 atom stereocenters. The van der Waals surface area contributed by atoms with Crippen molar-refractivity contribution in [3.8, 4) is 5.75 Å². The smallest absolute Gasteiger partial charge is 0.320 e. The van der Waals surface area contributed by atoms with E-state index in [4.69, 9.17) is 9.72 Å². The van der Waals surface area contributed by atoms with Crippen molar-refractivity contribution < 1.29 is 9.53 Å². The molecule has 29 heavy (non-hydrogen) atoms. The van der Waals surface area contributed by atoms with Gasteiger partial charge >= 0.3 is 6.03 Å². The fraction of sp³-hybridized carbons (Fsp3) is 0.304. The molecule has 0 aliphatic carbocycles. The molecule has 148 valence electrons. The van der Waals surface area contributed by atoms with Gasteiger partial charge in [0.15, 0.2) is 0 Å². The molecule has 0 bridgehead atoms. The molecule has 2 amide bonds. The van der Waals surface area contributed by atoms with Crippen molar-refractivity contribution in [1.82, 2.24) is 19.4 Å². The first-order chi connectivity index (χ1) is 14.2. The van der Waals surface area contributed by atoms with Crippen molar-refractivity contribution >= 4 is 29.2 Å². The van der Waals surface area contributed by atoms with Crippen LogP contribution in [0.2, 0.25) is 0 Å². The lowest BCUT2D eigenvalue weighted by molar-refractivity contribution is 0.197. The van der Waals surface area contributed by atoms with E-state index in [-0.39, 0.29) is 6.03 Å². The summed E-state index contributed by atoms with van der Waals surface area (Å²) in [7, 11) is 1.85. The molecular weight excluding hydrogens is 364 g/mol. The summed E-state index contributed by atoms with van der Waals surface area (Å²) >= 11 is 0. The molecule has 6 heteroatoms. The van der Waals surface area contributed by atoms with Gasteiger partial charge in [0.05, 0.1) is 12.1 Å². The fourth-order valence-electron chi connectivity index (χ4n) is 4.02. The third kappa shape index (κ3) is 3.35. The maximum atomic E-state index is 12.0. The van der Waals surface area contributed by atoms with Gasteiger partial charge in [-0.2, -0.15) is 0 Å². The first-order valence-corrected chi connectivity index (χ1v) is 10.1. The fourth-order valence-corrected chi connectivity index (χ4v) is 4.02. The zero-order valence-corrected chi connectivity index (χ0v) is 16.5. The predicted octanol–water partition coefficient (Wildman–Crippen LogP) is 3.86. The molecule has 2 aliphatic heterocycles. The van der Waals surface area contributed by atoms with Crippen molar-refractivity contribution in [3.05, 3.63) is 59.4 Å². The molecule has 1 saturated heterocycles. The zero-order chi connectivity index (χ0) is 19.8. The normalized spacial score (nSPS) is 16.7. The number of likely N-dealkylation sites (N-methyl/N-ethyl adjacent to an activating group) is 1. The first kappa shape index (κ1) is 17.8. The Morgan fingerprint density at radius 2 is 1.93 bits per heavy atom. The highest BCUT2D eigenvalue weighted by Gasteiger charge is 2.24. The van der Waals surface area contributed by atoms with E-state index in [1.165, 1.54) is 0 Å². The van der Waals surface area contributed by atoms with E-state index in [2.05, 4.69) is 41.0 Å². The molecule has 3 aromatic rings. The summed E-state index contributed by atoms with van der Waals surface area (Å²) < 4.78 is 8.11. The summed E-state index contributed by atoms with van der Waals surface area (Å²) in [5.41, 5.74) is 4.31. The monoisotopic (exact) mass is 388 g/mol. The number of ether oxygens (including phenoxy) is 1. The third-order valence-electron chi connectivity index (χ3n) is 5.62. The van der Waals surface area contributed by atoms with Crippen molar-refractivity contribution in [3.63, 3.8) is 0 Å². The Morgan fingerprint density at radius 1 is 1.07 bits per heavy atom.